The Kier molecular flexibility index (Phi) is 3.89. The van der Waals surface area contributed by atoms with Gasteiger partial charge in [-0.2, -0.15) is 5.26 Å². The van der Waals surface area contributed by atoms with Gasteiger partial charge in [-0.25, -0.2) is 4.98 Å². The Morgan fingerprint density at radius 2 is 2.29 bits per heavy atom. The molecule has 1 aliphatic rings. The fourth-order valence-corrected chi connectivity index (χ4v) is 1.80. The highest BCUT2D eigenvalue weighted by Crippen LogP contribution is 2.27. The summed E-state index contributed by atoms with van der Waals surface area (Å²) in [5.74, 6) is 0.781. The number of anilines is 1. The zero-order valence-electron chi connectivity index (χ0n) is 10.1. The molecule has 0 amide bonds. The van der Waals surface area contributed by atoms with E-state index in [1.165, 1.54) is 12.8 Å². The van der Waals surface area contributed by atoms with Gasteiger partial charge in [-0.15, -0.1) is 0 Å². The second-order valence-electron chi connectivity index (χ2n) is 4.25. The Balaban J connectivity index is 1.94. The average Bonchev–Trinajstić information content (AvgIpc) is 3.19. The van der Waals surface area contributed by atoms with Gasteiger partial charge in [-0.1, -0.05) is 0 Å². The SMILES string of the molecule is CNc1cnc(CN(CCC#N)C2CC2)cn1. The van der Waals surface area contributed by atoms with Crippen LogP contribution in [0.4, 0.5) is 5.82 Å². The maximum atomic E-state index is 8.64. The van der Waals surface area contributed by atoms with Gasteiger partial charge in [0.05, 0.1) is 24.2 Å². The zero-order valence-corrected chi connectivity index (χ0v) is 10.1. The van der Waals surface area contributed by atoms with Crippen LogP contribution in [0.3, 0.4) is 0 Å². The lowest BCUT2D eigenvalue weighted by Crippen LogP contribution is -2.27. The Labute approximate surface area is 101 Å². The van der Waals surface area contributed by atoms with Crippen LogP contribution in [0.2, 0.25) is 0 Å². The molecule has 90 valence electrons. The normalized spacial score (nSPS) is 14.6. The Morgan fingerprint density at radius 3 is 2.82 bits per heavy atom. The van der Waals surface area contributed by atoms with Gasteiger partial charge < -0.3 is 5.32 Å². The van der Waals surface area contributed by atoms with Crippen LogP contribution in [-0.2, 0) is 6.54 Å². The van der Waals surface area contributed by atoms with Crippen molar-refractivity contribution in [3.8, 4) is 6.07 Å². The molecule has 1 aliphatic carbocycles. The Hall–Kier alpha value is -1.67. The third-order valence-electron chi connectivity index (χ3n) is 2.90. The first kappa shape index (κ1) is 11.8. The molecule has 5 heteroatoms. The summed E-state index contributed by atoms with van der Waals surface area (Å²) in [7, 11) is 1.83. The van der Waals surface area contributed by atoms with E-state index in [1.54, 1.807) is 12.4 Å². The third kappa shape index (κ3) is 3.40. The lowest BCUT2D eigenvalue weighted by atomic mass is 10.3. The predicted molar refractivity (Wildman–Crippen MR) is 65.2 cm³/mol. The van der Waals surface area contributed by atoms with Gasteiger partial charge in [-0.05, 0) is 12.8 Å². The van der Waals surface area contributed by atoms with Crippen LogP contribution in [0.15, 0.2) is 12.4 Å². The van der Waals surface area contributed by atoms with Crippen molar-refractivity contribution in [1.82, 2.24) is 14.9 Å². The lowest BCUT2D eigenvalue weighted by Gasteiger charge is -2.19. The molecule has 5 nitrogen and oxygen atoms in total. The molecule has 1 saturated carbocycles. The monoisotopic (exact) mass is 231 g/mol. The fraction of sp³-hybridized carbons (Fsp3) is 0.583. The maximum absolute atomic E-state index is 8.64. The van der Waals surface area contributed by atoms with E-state index in [4.69, 9.17) is 5.26 Å². The molecular weight excluding hydrogens is 214 g/mol. The minimum atomic E-state index is 0.582. The van der Waals surface area contributed by atoms with Gasteiger partial charge in [0.2, 0.25) is 0 Å². The fourth-order valence-electron chi connectivity index (χ4n) is 1.80. The van der Waals surface area contributed by atoms with E-state index in [0.29, 0.717) is 12.5 Å². The van der Waals surface area contributed by atoms with Crippen LogP contribution >= 0.6 is 0 Å². The van der Waals surface area contributed by atoms with Crippen molar-refractivity contribution in [2.45, 2.75) is 31.8 Å². The Bertz CT molecular complexity index is 390. The smallest absolute Gasteiger partial charge is 0.144 e. The van der Waals surface area contributed by atoms with Crippen molar-refractivity contribution in [1.29, 1.82) is 5.26 Å². The van der Waals surface area contributed by atoms with Crippen LogP contribution < -0.4 is 5.32 Å². The maximum Gasteiger partial charge on any atom is 0.144 e. The standard InChI is InChI=1S/C12H17N5/c1-14-12-8-15-10(7-16-12)9-17(6-2-5-13)11-3-4-11/h7-8,11H,2-4,6,9H2,1H3,(H,14,16). The largest absolute Gasteiger partial charge is 0.372 e. The number of hydrogen-bond acceptors (Lipinski definition) is 5. The summed E-state index contributed by atoms with van der Waals surface area (Å²) in [5, 5.41) is 11.6. The number of nitriles is 1. The minimum Gasteiger partial charge on any atom is -0.372 e. The number of rotatable bonds is 6. The molecule has 1 N–H and O–H groups in total. The van der Waals surface area contributed by atoms with Gasteiger partial charge in [0.25, 0.3) is 0 Å². The van der Waals surface area contributed by atoms with Crippen molar-refractivity contribution >= 4 is 5.82 Å². The summed E-state index contributed by atoms with van der Waals surface area (Å²) in [6.07, 6.45) is 6.61. The van der Waals surface area contributed by atoms with Crippen LogP contribution in [0.25, 0.3) is 0 Å². The van der Waals surface area contributed by atoms with Crippen molar-refractivity contribution in [2.75, 3.05) is 18.9 Å². The molecule has 1 aromatic heterocycles. The van der Waals surface area contributed by atoms with Gasteiger partial charge in [0, 0.05) is 32.6 Å². The second-order valence-corrected chi connectivity index (χ2v) is 4.25. The molecule has 2 rings (SSSR count). The molecule has 0 aliphatic heterocycles. The summed E-state index contributed by atoms with van der Waals surface area (Å²) in [6, 6.07) is 2.84. The zero-order chi connectivity index (χ0) is 12.1. The second kappa shape index (κ2) is 5.60. The third-order valence-corrected chi connectivity index (χ3v) is 2.90. The van der Waals surface area contributed by atoms with Crippen molar-refractivity contribution in [3.05, 3.63) is 18.1 Å². The van der Waals surface area contributed by atoms with E-state index in [-0.39, 0.29) is 0 Å². The first-order chi connectivity index (χ1) is 8.33. The highest BCUT2D eigenvalue weighted by molar-refractivity contribution is 5.29. The van der Waals surface area contributed by atoms with E-state index in [0.717, 1.165) is 24.6 Å². The van der Waals surface area contributed by atoms with Crippen LogP contribution in [0, 0.1) is 11.3 Å². The summed E-state index contributed by atoms with van der Waals surface area (Å²) in [5.41, 5.74) is 0.967. The highest BCUT2D eigenvalue weighted by Gasteiger charge is 2.28. The number of nitrogens with zero attached hydrogens (tertiary/aromatic N) is 4. The first-order valence-corrected chi connectivity index (χ1v) is 5.93. The quantitative estimate of drug-likeness (QED) is 0.801. The molecule has 0 aromatic carbocycles. The van der Waals surface area contributed by atoms with E-state index in [1.807, 2.05) is 7.05 Å². The molecule has 0 atom stereocenters. The molecular formula is C12H17N5. The Morgan fingerprint density at radius 1 is 1.47 bits per heavy atom. The molecule has 1 fully saturated rings. The molecule has 0 radical (unpaired) electrons. The van der Waals surface area contributed by atoms with E-state index < -0.39 is 0 Å². The van der Waals surface area contributed by atoms with Crippen LogP contribution in [-0.4, -0.2) is 34.5 Å². The first-order valence-electron chi connectivity index (χ1n) is 5.93. The van der Waals surface area contributed by atoms with Crippen molar-refractivity contribution < 1.29 is 0 Å². The van der Waals surface area contributed by atoms with Gasteiger partial charge in [-0.3, -0.25) is 9.88 Å². The molecule has 0 unspecified atom stereocenters. The average molecular weight is 231 g/mol. The van der Waals surface area contributed by atoms with Gasteiger partial charge in [0.15, 0.2) is 0 Å². The topological polar surface area (TPSA) is 64.8 Å². The van der Waals surface area contributed by atoms with Crippen LogP contribution in [0.1, 0.15) is 25.0 Å². The number of nitrogens with one attached hydrogen (secondary N) is 1. The molecule has 0 spiro atoms. The molecule has 0 saturated heterocycles. The number of hydrogen-bond donors (Lipinski definition) is 1. The summed E-state index contributed by atoms with van der Waals surface area (Å²) in [4.78, 5) is 10.9. The van der Waals surface area contributed by atoms with E-state index in [2.05, 4.69) is 26.3 Å². The summed E-state index contributed by atoms with van der Waals surface area (Å²) < 4.78 is 0. The minimum absolute atomic E-state index is 0.582. The lowest BCUT2D eigenvalue weighted by molar-refractivity contribution is 0.257. The summed E-state index contributed by atoms with van der Waals surface area (Å²) in [6.45, 7) is 1.62. The summed E-state index contributed by atoms with van der Waals surface area (Å²) >= 11 is 0. The van der Waals surface area contributed by atoms with E-state index in [9.17, 15) is 0 Å². The molecule has 17 heavy (non-hydrogen) atoms. The van der Waals surface area contributed by atoms with Crippen LogP contribution in [0.5, 0.6) is 0 Å². The van der Waals surface area contributed by atoms with Gasteiger partial charge >= 0.3 is 0 Å². The van der Waals surface area contributed by atoms with E-state index >= 15 is 0 Å². The van der Waals surface area contributed by atoms with Crippen molar-refractivity contribution in [2.24, 2.45) is 0 Å². The highest BCUT2D eigenvalue weighted by atomic mass is 15.2. The van der Waals surface area contributed by atoms with Crippen molar-refractivity contribution in [3.63, 3.8) is 0 Å². The number of aromatic nitrogens is 2. The van der Waals surface area contributed by atoms with Gasteiger partial charge in [0.1, 0.15) is 5.82 Å². The molecule has 0 bridgehead atoms. The predicted octanol–water partition coefficient (Wildman–Crippen LogP) is 1.40. The molecule has 1 aromatic rings. The molecule has 1 heterocycles.